The van der Waals surface area contributed by atoms with Crippen LogP contribution in [-0.4, -0.2) is 24.1 Å². The number of pyridine rings is 1. The molecule has 2 heterocycles. The number of aromatic nitrogens is 1. The molecular weight excluding hydrogens is 385 g/mol. The van der Waals surface area contributed by atoms with Crippen molar-refractivity contribution in [1.82, 2.24) is 4.98 Å². The molecule has 0 bridgehead atoms. The van der Waals surface area contributed by atoms with Crippen LogP contribution in [0.15, 0.2) is 60.8 Å². The second-order valence-electron chi connectivity index (χ2n) is 6.32. The number of hydrogen-bond acceptors (Lipinski definition) is 4. The molecule has 148 valence electrons. The van der Waals surface area contributed by atoms with Gasteiger partial charge in [0, 0.05) is 29.1 Å². The van der Waals surface area contributed by atoms with Gasteiger partial charge in [0.15, 0.2) is 11.5 Å². The first-order valence-corrected chi connectivity index (χ1v) is 8.75. The molecule has 0 spiro atoms. The van der Waals surface area contributed by atoms with E-state index >= 15 is 0 Å². The molecule has 0 unspecified atom stereocenters. The molecular formula is C21H15F3N2O3. The molecule has 1 aliphatic heterocycles. The molecule has 0 radical (unpaired) electrons. The lowest BCUT2D eigenvalue weighted by molar-refractivity contribution is -0.137. The minimum Gasteiger partial charge on any atom is -0.486 e. The van der Waals surface area contributed by atoms with Gasteiger partial charge in [0.05, 0.1) is 11.3 Å². The van der Waals surface area contributed by atoms with E-state index in [0.717, 1.165) is 18.3 Å². The molecule has 0 atom stereocenters. The van der Waals surface area contributed by atoms with E-state index in [4.69, 9.17) is 9.47 Å². The van der Waals surface area contributed by atoms with E-state index in [-0.39, 0.29) is 11.6 Å². The van der Waals surface area contributed by atoms with Crippen molar-refractivity contribution in [2.75, 3.05) is 18.5 Å². The SMILES string of the molecule is O=C(Nc1ccc2c(c1)OCCO2)c1ccc(-c2cc(C(F)(F)F)ccn2)cc1. The van der Waals surface area contributed by atoms with Gasteiger partial charge in [0.1, 0.15) is 13.2 Å². The largest absolute Gasteiger partial charge is 0.486 e. The van der Waals surface area contributed by atoms with Crippen LogP contribution in [0.25, 0.3) is 11.3 Å². The lowest BCUT2D eigenvalue weighted by Gasteiger charge is -2.19. The monoisotopic (exact) mass is 400 g/mol. The molecule has 5 nitrogen and oxygen atoms in total. The maximum Gasteiger partial charge on any atom is 0.416 e. The van der Waals surface area contributed by atoms with Crippen molar-refractivity contribution < 1.29 is 27.4 Å². The van der Waals surface area contributed by atoms with Crippen molar-refractivity contribution in [3.8, 4) is 22.8 Å². The molecule has 3 aromatic rings. The van der Waals surface area contributed by atoms with Crippen LogP contribution < -0.4 is 14.8 Å². The number of fused-ring (bicyclic) bond motifs is 1. The van der Waals surface area contributed by atoms with E-state index in [1.807, 2.05) is 0 Å². The Hall–Kier alpha value is -3.55. The van der Waals surface area contributed by atoms with Gasteiger partial charge < -0.3 is 14.8 Å². The third-order valence-corrected chi connectivity index (χ3v) is 4.33. The number of nitrogens with zero attached hydrogens (tertiary/aromatic N) is 1. The molecule has 2 aromatic carbocycles. The van der Waals surface area contributed by atoms with E-state index in [1.165, 1.54) is 12.1 Å². The summed E-state index contributed by atoms with van der Waals surface area (Å²) < 4.78 is 49.5. The van der Waals surface area contributed by atoms with Gasteiger partial charge in [-0.15, -0.1) is 0 Å². The highest BCUT2D eigenvalue weighted by Crippen LogP contribution is 2.33. The van der Waals surface area contributed by atoms with E-state index in [2.05, 4.69) is 10.3 Å². The van der Waals surface area contributed by atoms with Crippen LogP contribution in [0.1, 0.15) is 15.9 Å². The van der Waals surface area contributed by atoms with Crippen LogP contribution in [0.4, 0.5) is 18.9 Å². The predicted octanol–water partition coefficient (Wildman–Crippen LogP) is 4.79. The van der Waals surface area contributed by atoms with Crippen molar-refractivity contribution in [3.63, 3.8) is 0 Å². The lowest BCUT2D eigenvalue weighted by Crippen LogP contribution is -2.16. The summed E-state index contributed by atoms with van der Waals surface area (Å²) in [4.78, 5) is 16.4. The molecule has 4 rings (SSSR count). The molecule has 8 heteroatoms. The van der Waals surface area contributed by atoms with Crippen molar-refractivity contribution in [2.45, 2.75) is 6.18 Å². The molecule has 0 saturated carbocycles. The van der Waals surface area contributed by atoms with Gasteiger partial charge in [-0.25, -0.2) is 0 Å². The minimum absolute atomic E-state index is 0.179. The highest BCUT2D eigenvalue weighted by atomic mass is 19.4. The van der Waals surface area contributed by atoms with E-state index in [0.29, 0.717) is 41.5 Å². The Balaban J connectivity index is 1.50. The number of carbonyl (C=O) groups excluding carboxylic acids is 1. The Morgan fingerprint density at radius 1 is 0.931 bits per heavy atom. The molecule has 0 fully saturated rings. The number of rotatable bonds is 3. The third-order valence-electron chi connectivity index (χ3n) is 4.33. The van der Waals surface area contributed by atoms with E-state index in [1.54, 1.807) is 30.3 Å². The number of benzene rings is 2. The fourth-order valence-corrected chi connectivity index (χ4v) is 2.88. The molecule has 1 N–H and O–H groups in total. The second-order valence-corrected chi connectivity index (χ2v) is 6.32. The molecule has 0 saturated heterocycles. The standard InChI is InChI=1S/C21H15F3N2O3/c22-21(23,24)15-7-8-25-17(11-15)13-1-3-14(4-2-13)20(27)26-16-5-6-18-19(12-16)29-10-9-28-18/h1-8,11-12H,9-10H2,(H,26,27). The minimum atomic E-state index is -4.44. The van der Waals surface area contributed by atoms with Gasteiger partial charge in [-0.2, -0.15) is 13.2 Å². The highest BCUT2D eigenvalue weighted by Gasteiger charge is 2.30. The van der Waals surface area contributed by atoms with Crippen LogP contribution in [0.2, 0.25) is 0 Å². The zero-order chi connectivity index (χ0) is 20.4. The Kier molecular flexibility index (Phi) is 4.84. The van der Waals surface area contributed by atoms with Crippen molar-refractivity contribution in [1.29, 1.82) is 0 Å². The second kappa shape index (κ2) is 7.46. The van der Waals surface area contributed by atoms with Gasteiger partial charge in [-0.3, -0.25) is 9.78 Å². The van der Waals surface area contributed by atoms with Gasteiger partial charge in [0.2, 0.25) is 0 Å². The summed E-state index contributed by atoms with van der Waals surface area (Å²) in [5.74, 6) is 0.817. The lowest BCUT2D eigenvalue weighted by atomic mass is 10.1. The maximum absolute atomic E-state index is 12.9. The van der Waals surface area contributed by atoms with Crippen molar-refractivity contribution in [3.05, 3.63) is 71.9 Å². The summed E-state index contributed by atoms with van der Waals surface area (Å²) in [6.07, 6.45) is -3.33. The number of anilines is 1. The average molecular weight is 400 g/mol. The van der Waals surface area contributed by atoms with Gasteiger partial charge in [-0.05, 0) is 36.4 Å². The number of carbonyl (C=O) groups is 1. The number of alkyl halides is 3. The van der Waals surface area contributed by atoms with Crippen LogP contribution in [0.3, 0.4) is 0 Å². The van der Waals surface area contributed by atoms with Crippen molar-refractivity contribution in [2.24, 2.45) is 0 Å². The number of amides is 1. The summed E-state index contributed by atoms with van der Waals surface area (Å²) in [5.41, 5.74) is 0.784. The first kappa shape index (κ1) is 18.8. The Morgan fingerprint density at radius 2 is 1.66 bits per heavy atom. The zero-order valence-corrected chi connectivity index (χ0v) is 15.0. The quantitative estimate of drug-likeness (QED) is 0.687. The smallest absolute Gasteiger partial charge is 0.416 e. The normalized spacial score (nSPS) is 13.1. The number of hydrogen-bond donors (Lipinski definition) is 1. The van der Waals surface area contributed by atoms with Gasteiger partial charge in [-0.1, -0.05) is 12.1 Å². The van der Waals surface area contributed by atoms with Crippen LogP contribution >= 0.6 is 0 Å². The molecule has 0 aliphatic carbocycles. The highest BCUT2D eigenvalue weighted by molar-refractivity contribution is 6.04. The predicted molar refractivity (Wildman–Crippen MR) is 100 cm³/mol. The first-order valence-electron chi connectivity index (χ1n) is 8.75. The fraction of sp³-hybridized carbons (Fsp3) is 0.143. The topological polar surface area (TPSA) is 60.5 Å². The Labute approximate surface area is 164 Å². The number of nitrogens with one attached hydrogen (secondary N) is 1. The number of ether oxygens (including phenoxy) is 2. The third kappa shape index (κ3) is 4.16. The molecule has 1 aromatic heterocycles. The summed E-state index contributed by atoms with van der Waals surface area (Å²) in [6, 6.07) is 13.2. The Bertz CT molecular complexity index is 1050. The number of halogens is 3. The van der Waals surface area contributed by atoms with Gasteiger partial charge in [0.25, 0.3) is 5.91 Å². The Morgan fingerprint density at radius 3 is 2.38 bits per heavy atom. The summed E-state index contributed by atoms with van der Waals surface area (Å²) in [5, 5.41) is 2.76. The zero-order valence-electron chi connectivity index (χ0n) is 15.0. The van der Waals surface area contributed by atoms with Crippen LogP contribution in [0, 0.1) is 0 Å². The molecule has 29 heavy (non-hydrogen) atoms. The van der Waals surface area contributed by atoms with E-state index in [9.17, 15) is 18.0 Å². The summed E-state index contributed by atoms with van der Waals surface area (Å²) >= 11 is 0. The summed E-state index contributed by atoms with van der Waals surface area (Å²) in [6.45, 7) is 0.918. The molecule has 1 amide bonds. The van der Waals surface area contributed by atoms with Crippen LogP contribution in [-0.2, 0) is 6.18 Å². The van der Waals surface area contributed by atoms with E-state index < -0.39 is 11.7 Å². The summed E-state index contributed by atoms with van der Waals surface area (Å²) in [7, 11) is 0. The average Bonchev–Trinajstić information content (AvgIpc) is 2.73. The van der Waals surface area contributed by atoms with Crippen molar-refractivity contribution >= 4 is 11.6 Å². The van der Waals surface area contributed by atoms with Crippen LogP contribution in [0.5, 0.6) is 11.5 Å². The maximum atomic E-state index is 12.9. The molecule has 1 aliphatic rings. The fourth-order valence-electron chi connectivity index (χ4n) is 2.88. The first-order chi connectivity index (χ1) is 13.9. The van der Waals surface area contributed by atoms with Gasteiger partial charge >= 0.3 is 6.18 Å².